The fraction of sp³-hybridized carbons (Fsp3) is 0.469. The molecule has 39 heavy (non-hydrogen) atoms. The van der Waals surface area contributed by atoms with Crippen LogP contribution in [0.5, 0.6) is 5.75 Å². The molecule has 2 heterocycles. The predicted octanol–water partition coefficient (Wildman–Crippen LogP) is 5.46. The number of hydrogen-bond donors (Lipinski definition) is 1. The van der Waals surface area contributed by atoms with Crippen LogP contribution in [0.4, 0.5) is 5.82 Å². The molecule has 1 aliphatic heterocycles. The second kappa shape index (κ2) is 11.7. The van der Waals surface area contributed by atoms with E-state index in [4.69, 9.17) is 20.4 Å². The van der Waals surface area contributed by atoms with Gasteiger partial charge in [0.15, 0.2) is 5.82 Å². The maximum absolute atomic E-state index is 11.7. The molecule has 1 fully saturated rings. The monoisotopic (exact) mass is 529 g/mol. The number of ether oxygens (including phenoxy) is 1. The van der Waals surface area contributed by atoms with Gasteiger partial charge in [-0.3, -0.25) is 9.69 Å². The van der Waals surface area contributed by atoms with Gasteiger partial charge in [0.2, 0.25) is 5.91 Å². The minimum atomic E-state index is -0.300. The van der Waals surface area contributed by atoms with Gasteiger partial charge in [-0.1, -0.05) is 43.7 Å². The molecule has 0 saturated carbocycles. The van der Waals surface area contributed by atoms with Gasteiger partial charge in [0.1, 0.15) is 18.2 Å². The Kier molecular flexibility index (Phi) is 8.60. The van der Waals surface area contributed by atoms with Crippen LogP contribution in [0.3, 0.4) is 0 Å². The van der Waals surface area contributed by atoms with Crippen LogP contribution >= 0.6 is 0 Å². The lowest BCUT2D eigenvalue weighted by Gasteiger charge is -2.45. The number of benzene rings is 2. The molecule has 0 unspecified atom stereocenters. The highest BCUT2D eigenvalue weighted by Crippen LogP contribution is 2.32. The van der Waals surface area contributed by atoms with Crippen LogP contribution in [0.1, 0.15) is 67.1 Å². The molecule has 3 aromatic rings. The summed E-state index contributed by atoms with van der Waals surface area (Å²) in [6, 6.07) is 13.1. The van der Waals surface area contributed by atoms with E-state index in [1.165, 1.54) is 11.1 Å². The molecular weight excluding hydrogens is 486 g/mol. The van der Waals surface area contributed by atoms with Gasteiger partial charge in [0, 0.05) is 30.7 Å². The van der Waals surface area contributed by atoms with Crippen molar-refractivity contribution in [2.45, 2.75) is 80.0 Å². The summed E-state index contributed by atoms with van der Waals surface area (Å²) in [6.07, 6.45) is 0. The Bertz CT molecular complexity index is 1350. The number of primary amides is 1. The highest BCUT2D eigenvalue weighted by molar-refractivity contribution is 5.76. The average Bonchev–Trinajstić information content (AvgIpc) is 2.86. The van der Waals surface area contributed by atoms with Crippen LogP contribution < -0.4 is 15.4 Å². The highest BCUT2D eigenvalue weighted by Gasteiger charge is 2.33. The standard InChI is InChI=1S/C32H43N5O2/c1-19(2)26-12-11-22(5)29(14-26)39-18-28-25(8)34-31(27-13-20(3)9-10-21(27)4)35-32(28)37-16-23(6)36(15-24(37)7)17-30(33)38/h9-14,19,23-24H,15-18H2,1-8H3,(H2,33,38)/t23-,24+/m1/s1. The van der Waals surface area contributed by atoms with Gasteiger partial charge >= 0.3 is 0 Å². The fourth-order valence-electron chi connectivity index (χ4n) is 5.28. The molecule has 1 aliphatic rings. The summed E-state index contributed by atoms with van der Waals surface area (Å²) in [5, 5.41) is 0. The zero-order chi connectivity index (χ0) is 28.4. The van der Waals surface area contributed by atoms with Crippen LogP contribution in [0.2, 0.25) is 0 Å². The molecule has 4 rings (SSSR count). The van der Waals surface area contributed by atoms with Crippen molar-refractivity contribution >= 4 is 11.7 Å². The van der Waals surface area contributed by atoms with E-state index in [0.29, 0.717) is 12.5 Å². The van der Waals surface area contributed by atoms with Gasteiger partial charge in [-0.15, -0.1) is 0 Å². The van der Waals surface area contributed by atoms with Gasteiger partial charge in [0.25, 0.3) is 0 Å². The third-order valence-electron chi connectivity index (χ3n) is 7.82. The normalized spacial score (nSPS) is 18.0. The third kappa shape index (κ3) is 6.41. The van der Waals surface area contributed by atoms with E-state index in [-0.39, 0.29) is 24.5 Å². The number of carbonyl (C=O) groups is 1. The molecule has 1 saturated heterocycles. The number of carbonyl (C=O) groups excluding carboxylic acids is 1. The second-order valence-electron chi connectivity index (χ2n) is 11.5. The molecule has 0 radical (unpaired) electrons. The van der Waals surface area contributed by atoms with Crippen molar-refractivity contribution in [1.82, 2.24) is 14.9 Å². The van der Waals surface area contributed by atoms with Crippen LogP contribution in [0.25, 0.3) is 11.4 Å². The molecule has 208 valence electrons. The lowest BCUT2D eigenvalue weighted by Crippen LogP contribution is -2.58. The summed E-state index contributed by atoms with van der Waals surface area (Å²) < 4.78 is 6.47. The number of hydrogen-bond acceptors (Lipinski definition) is 6. The number of rotatable bonds is 8. The lowest BCUT2D eigenvalue weighted by molar-refractivity contribution is -0.119. The lowest BCUT2D eigenvalue weighted by atomic mass is 10.0. The largest absolute Gasteiger partial charge is 0.488 e. The summed E-state index contributed by atoms with van der Waals surface area (Å²) in [4.78, 5) is 26.4. The van der Waals surface area contributed by atoms with E-state index < -0.39 is 0 Å². The zero-order valence-corrected chi connectivity index (χ0v) is 24.7. The average molecular weight is 530 g/mol. The number of anilines is 1. The first-order valence-electron chi connectivity index (χ1n) is 13.9. The van der Waals surface area contributed by atoms with Gasteiger partial charge in [-0.05, 0) is 76.3 Å². The Morgan fingerprint density at radius 2 is 1.72 bits per heavy atom. The first kappa shape index (κ1) is 28.6. The Hall–Kier alpha value is -3.45. The van der Waals surface area contributed by atoms with Crippen LogP contribution in [-0.2, 0) is 11.4 Å². The van der Waals surface area contributed by atoms with Crippen LogP contribution in [0.15, 0.2) is 36.4 Å². The topological polar surface area (TPSA) is 84.6 Å². The Morgan fingerprint density at radius 3 is 2.41 bits per heavy atom. The van der Waals surface area contributed by atoms with Gasteiger partial charge in [-0.2, -0.15) is 0 Å². The molecule has 0 spiro atoms. The summed E-state index contributed by atoms with van der Waals surface area (Å²) in [5.74, 6) is 2.63. The maximum Gasteiger partial charge on any atom is 0.231 e. The minimum absolute atomic E-state index is 0.131. The summed E-state index contributed by atoms with van der Waals surface area (Å²) in [7, 11) is 0. The van der Waals surface area contributed by atoms with Gasteiger partial charge < -0.3 is 15.4 Å². The smallest absolute Gasteiger partial charge is 0.231 e. The quantitative estimate of drug-likeness (QED) is 0.417. The number of amides is 1. The molecule has 7 nitrogen and oxygen atoms in total. The first-order valence-corrected chi connectivity index (χ1v) is 13.9. The SMILES string of the molecule is Cc1ccc(C)c(-c2nc(C)c(COc3cc(C(C)C)ccc3C)c(N3C[C@@H](C)N(CC(N)=O)C[C@@H]3C)n2)c1. The minimum Gasteiger partial charge on any atom is -0.488 e. The summed E-state index contributed by atoms with van der Waals surface area (Å²) >= 11 is 0. The third-order valence-corrected chi connectivity index (χ3v) is 7.82. The van der Waals surface area contributed by atoms with E-state index in [1.54, 1.807) is 0 Å². The summed E-state index contributed by atoms with van der Waals surface area (Å²) in [5.41, 5.74) is 13.1. The van der Waals surface area contributed by atoms with Crippen molar-refractivity contribution in [2.24, 2.45) is 5.73 Å². The molecule has 7 heteroatoms. The van der Waals surface area contributed by atoms with Crippen LogP contribution in [-0.4, -0.2) is 52.5 Å². The van der Waals surface area contributed by atoms with Crippen molar-refractivity contribution in [3.8, 4) is 17.1 Å². The Morgan fingerprint density at radius 1 is 1.00 bits per heavy atom. The van der Waals surface area contributed by atoms with E-state index in [0.717, 1.165) is 58.4 Å². The molecule has 0 bridgehead atoms. The first-order chi connectivity index (χ1) is 18.4. The van der Waals surface area contributed by atoms with E-state index in [2.05, 4.69) is 94.7 Å². The van der Waals surface area contributed by atoms with E-state index in [9.17, 15) is 4.79 Å². The number of nitrogens with two attached hydrogens (primary N) is 1. The predicted molar refractivity (Wildman–Crippen MR) is 158 cm³/mol. The maximum atomic E-state index is 11.7. The number of aromatic nitrogens is 2. The Balaban J connectivity index is 1.76. The van der Waals surface area contributed by atoms with Crippen molar-refractivity contribution in [3.63, 3.8) is 0 Å². The van der Waals surface area contributed by atoms with Crippen molar-refractivity contribution in [2.75, 3.05) is 24.5 Å². The number of piperazine rings is 1. The molecule has 2 N–H and O–H groups in total. The van der Waals surface area contributed by atoms with Gasteiger partial charge in [0.05, 0.1) is 17.8 Å². The zero-order valence-electron chi connectivity index (χ0n) is 24.7. The highest BCUT2D eigenvalue weighted by atomic mass is 16.5. The van der Waals surface area contributed by atoms with Crippen molar-refractivity contribution in [3.05, 3.63) is 69.9 Å². The molecule has 1 aromatic heterocycles. The number of aryl methyl sites for hydroxylation is 4. The number of nitrogens with zero attached hydrogens (tertiary/aromatic N) is 4. The summed E-state index contributed by atoms with van der Waals surface area (Å²) in [6.45, 7) is 19.1. The molecule has 2 atom stereocenters. The van der Waals surface area contributed by atoms with E-state index >= 15 is 0 Å². The van der Waals surface area contributed by atoms with Gasteiger partial charge in [-0.25, -0.2) is 9.97 Å². The van der Waals surface area contributed by atoms with E-state index in [1.807, 2.05) is 6.92 Å². The molecule has 0 aliphatic carbocycles. The molecular formula is C32H43N5O2. The Labute approximate surface area is 233 Å². The molecule has 1 amide bonds. The van der Waals surface area contributed by atoms with Crippen molar-refractivity contribution < 1.29 is 9.53 Å². The van der Waals surface area contributed by atoms with Crippen LogP contribution in [0, 0.1) is 27.7 Å². The second-order valence-corrected chi connectivity index (χ2v) is 11.5. The fourth-order valence-corrected chi connectivity index (χ4v) is 5.28. The van der Waals surface area contributed by atoms with Crippen molar-refractivity contribution in [1.29, 1.82) is 0 Å². The molecule has 2 aromatic carbocycles.